The van der Waals surface area contributed by atoms with Gasteiger partial charge in [0, 0.05) is 22.5 Å². The molecule has 0 heterocycles. The molecule has 0 atom stereocenters. The van der Waals surface area contributed by atoms with Crippen LogP contribution in [-0.2, 0) is 5.41 Å². The Balaban J connectivity index is 0.000000620. The molecule has 0 aromatic heterocycles. The molecule has 0 unspecified atom stereocenters. The minimum Gasteiger partial charge on any atom is -0.311 e. The minimum atomic E-state index is -0.0262. The van der Waals surface area contributed by atoms with Crippen LogP contribution in [-0.4, -0.2) is 0 Å². The molecule has 0 saturated carbocycles. The van der Waals surface area contributed by atoms with Crippen LogP contribution in [0.2, 0.25) is 0 Å². The molecule has 1 heteroatoms. The van der Waals surface area contributed by atoms with Crippen LogP contribution < -0.4 is 4.90 Å². The number of fused-ring (bicyclic) bond motifs is 3. The summed E-state index contributed by atoms with van der Waals surface area (Å²) >= 11 is 0. The lowest BCUT2D eigenvalue weighted by molar-refractivity contribution is 0.660. The quantitative estimate of drug-likeness (QED) is 0.155. The summed E-state index contributed by atoms with van der Waals surface area (Å²) in [4.78, 5) is 2.38. The lowest BCUT2D eigenvalue weighted by Crippen LogP contribution is -2.14. The van der Waals surface area contributed by atoms with E-state index < -0.39 is 0 Å². The molecule has 0 spiro atoms. The van der Waals surface area contributed by atoms with Crippen molar-refractivity contribution in [3.8, 4) is 44.5 Å². The molecule has 0 amide bonds. The van der Waals surface area contributed by atoms with Crippen LogP contribution >= 0.6 is 0 Å². The molecule has 0 fully saturated rings. The standard InChI is InChI=1S/C53H45N.C7H8/c1-36-12-8-9-15-47(36)50-34-42(19-18-37(50)2)40-22-29-45(30-23-40)54(44-27-20-39(21-28-44)38-13-6-5-7-14-38)46-31-24-41(25-32-46)43-26-33-49-48-16-10-11-17-51(48)53(3,4)52(49)35-43;1-7-5-3-2-4-6-7/h5-6,8-13,15-35H,7,14H2,1-4H3;2-6H,1H3. The third-order valence-corrected chi connectivity index (χ3v) is 12.6. The number of hydrogen-bond donors (Lipinski definition) is 0. The summed E-state index contributed by atoms with van der Waals surface area (Å²) < 4.78 is 0. The Morgan fingerprint density at radius 3 is 1.51 bits per heavy atom. The topological polar surface area (TPSA) is 3.24 Å². The van der Waals surface area contributed by atoms with Crippen LogP contribution in [0.4, 0.5) is 17.1 Å². The molecule has 0 bridgehead atoms. The lowest BCUT2D eigenvalue weighted by Gasteiger charge is -2.26. The van der Waals surface area contributed by atoms with E-state index in [9.17, 15) is 0 Å². The average molecular weight is 788 g/mol. The van der Waals surface area contributed by atoms with Crippen molar-refractivity contribution in [2.45, 2.75) is 52.9 Å². The Morgan fingerprint density at radius 1 is 0.410 bits per heavy atom. The summed E-state index contributed by atoms with van der Waals surface area (Å²) in [5.74, 6) is 0. The Labute approximate surface area is 363 Å². The fraction of sp³-hybridized carbons (Fsp3) is 0.133. The second-order valence-corrected chi connectivity index (χ2v) is 17.1. The summed E-state index contributed by atoms with van der Waals surface area (Å²) in [7, 11) is 0. The van der Waals surface area contributed by atoms with Gasteiger partial charge in [-0.05, 0) is 160 Å². The van der Waals surface area contributed by atoms with E-state index in [-0.39, 0.29) is 5.41 Å². The van der Waals surface area contributed by atoms with E-state index in [0.29, 0.717) is 0 Å². The highest BCUT2D eigenvalue weighted by Gasteiger charge is 2.35. The van der Waals surface area contributed by atoms with E-state index in [1.54, 1.807) is 0 Å². The maximum absolute atomic E-state index is 2.41. The zero-order valence-electron chi connectivity index (χ0n) is 36.0. The zero-order chi connectivity index (χ0) is 41.9. The van der Waals surface area contributed by atoms with Crippen LogP contribution in [0.25, 0.3) is 50.1 Å². The first kappa shape index (κ1) is 39.5. The van der Waals surface area contributed by atoms with Crippen molar-refractivity contribution in [2.75, 3.05) is 4.90 Å². The summed E-state index contributed by atoms with van der Waals surface area (Å²) in [6.45, 7) is 11.2. The highest BCUT2D eigenvalue weighted by Crippen LogP contribution is 2.49. The fourth-order valence-electron chi connectivity index (χ4n) is 9.11. The van der Waals surface area contributed by atoms with E-state index in [2.05, 4.69) is 228 Å². The SMILES string of the molecule is Cc1ccccc1.Cc1ccccc1-c1cc(-c2ccc(N(c3ccc(C4=CC=CCC4)cc3)c3ccc(-c4ccc5c(c4)C(C)(C)c4ccccc4-5)cc3)cc2)ccc1C. The molecule has 61 heavy (non-hydrogen) atoms. The number of aryl methyl sites for hydroxylation is 3. The van der Waals surface area contributed by atoms with Crippen molar-refractivity contribution < 1.29 is 0 Å². The largest absolute Gasteiger partial charge is 0.311 e. The van der Waals surface area contributed by atoms with Gasteiger partial charge < -0.3 is 4.90 Å². The van der Waals surface area contributed by atoms with Crippen molar-refractivity contribution in [1.29, 1.82) is 0 Å². The van der Waals surface area contributed by atoms with Gasteiger partial charge in [-0.1, -0.05) is 177 Å². The van der Waals surface area contributed by atoms with E-state index in [4.69, 9.17) is 0 Å². The summed E-state index contributed by atoms with van der Waals surface area (Å²) in [6.07, 6.45) is 8.86. The van der Waals surface area contributed by atoms with E-state index in [1.807, 2.05) is 18.2 Å². The van der Waals surface area contributed by atoms with Crippen LogP contribution in [0.3, 0.4) is 0 Å². The Kier molecular flexibility index (Phi) is 11.0. The van der Waals surface area contributed by atoms with Gasteiger partial charge in [0.25, 0.3) is 0 Å². The molecule has 0 radical (unpaired) electrons. The molecule has 0 saturated heterocycles. The van der Waals surface area contributed by atoms with Gasteiger partial charge in [0.2, 0.25) is 0 Å². The van der Waals surface area contributed by atoms with E-state index in [0.717, 1.165) is 29.9 Å². The molecule has 10 rings (SSSR count). The average Bonchev–Trinajstić information content (AvgIpc) is 3.53. The Bertz CT molecular complexity index is 2870. The Hall–Kier alpha value is -6.96. The molecule has 0 aliphatic heterocycles. The molecule has 2 aliphatic carbocycles. The third kappa shape index (κ3) is 8.05. The monoisotopic (exact) mass is 787 g/mol. The normalized spacial score (nSPS) is 13.4. The molecule has 298 valence electrons. The summed E-state index contributed by atoms with van der Waals surface area (Å²) in [5, 5.41) is 0. The van der Waals surface area contributed by atoms with Crippen LogP contribution in [0, 0.1) is 20.8 Å². The first-order valence-corrected chi connectivity index (χ1v) is 21.6. The molecular formula is C60H53N. The van der Waals surface area contributed by atoms with Crippen molar-refractivity contribution in [2.24, 2.45) is 0 Å². The fourth-order valence-corrected chi connectivity index (χ4v) is 9.11. The van der Waals surface area contributed by atoms with Gasteiger partial charge in [-0.2, -0.15) is 0 Å². The molecule has 0 N–H and O–H groups in total. The van der Waals surface area contributed by atoms with E-state index >= 15 is 0 Å². The van der Waals surface area contributed by atoms with E-state index in [1.165, 1.54) is 83.5 Å². The maximum Gasteiger partial charge on any atom is 0.0462 e. The van der Waals surface area contributed by atoms with Gasteiger partial charge in [0.15, 0.2) is 0 Å². The van der Waals surface area contributed by atoms with Crippen LogP contribution in [0.5, 0.6) is 0 Å². The molecule has 8 aromatic carbocycles. The summed E-state index contributed by atoms with van der Waals surface area (Å²) in [5.41, 5.74) is 23.0. The zero-order valence-corrected chi connectivity index (χ0v) is 36.0. The van der Waals surface area contributed by atoms with Gasteiger partial charge in [-0.15, -0.1) is 0 Å². The molecular weight excluding hydrogens is 735 g/mol. The number of benzene rings is 8. The van der Waals surface area contributed by atoms with Crippen LogP contribution in [0.1, 0.15) is 60.1 Å². The van der Waals surface area contributed by atoms with Crippen molar-refractivity contribution in [3.63, 3.8) is 0 Å². The maximum atomic E-state index is 2.41. The Morgan fingerprint density at radius 2 is 0.918 bits per heavy atom. The third-order valence-electron chi connectivity index (χ3n) is 12.6. The number of anilines is 3. The number of rotatable bonds is 7. The van der Waals surface area contributed by atoms with Crippen molar-refractivity contribution in [3.05, 3.63) is 240 Å². The van der Waals surface area contributed by atoms with Gasteiger partial charge in [0.1, 0.15) is 0 Å². The van der Waals surface area contributed by atoms with Crippen LogP contribution in [0.15, 0.2) is 206 Å². The van der Waals surface area contributed by atoms with Gasteiger partial charge in [0.05, 0.1) is 0 Å². The highest BCUT2D eigenvalue weighted by atomic mass is 15.1. The number of allylic oxidation sites excluding steroid dienone is 4. The van der Waals surface area contributed by atoms with Crippen molar-refractivity contribution in [1.82, 2.24) is 0 Å². The van der Waals surface area contributed by atoms with Gasteiger partial charge >= 0.3 is 0 Å². The van der Waals surface area contributed by atoms with Crippen molar-refractivity contribution >= 4 is 22.6 Å². The second-order valence-electron chi connectivity index (χ2n) is 17.1. The number of nitrogens with zero attached hydrogens (tertiary/aromatic N) is 1. The molecule has 2 aliphatic rings. The first-order chi connectivity index (χ1) is 29.7. The predicted molar refractivity (Wildman–Crippen MR) is 262 cm³/mol. The highest BCUT2D eigenvalue weighted by molar-refractivity contribution is 5.85. The van der Waals surface area contributed by atoms with Gasteiger partial charge in [-0.3, -0.25) is 0 Å². The minimum absolute atomic E-state index is 0.0262. The number of hydrogen-bond acceptors (Lipinski definition) is 1. The van der Waals surface area contributed by atoms with Gasteiger partial charge in [-0.25, -0.2) is 0 Å². The molecule has 8 aromatic rings. The lowest BCUT2D eigenvalue weighted by atomic mass is 9.81. The predicted octanol–water partition coefficient (Wildman–Crippen LogP) is 16.8. The smallest absolute Gasteiger partial charge is 0.0462 e. The second kappa shape index (κ2) is 17.0. The summed E-state index contributed by atoms with van der Waals surface area (Å²) in [6, 6.07) is 68.9. The molecule has 1 nitrogen and oxygen atoms in total. The first-order valence-electron chi connectivity index (χ1n) is 21.6.